The van der Waals surface area contributed by atoms with Crippen LogP contribution in [0.3, 0.4) is 0 Å². The van der Waals surface area contributed by atoms with Crippen LogP contribution in [0.1, 0.15) is 6.92 Å². The lowest BCUT2D eigenvalue weighted by Crippen LogP contribution is -2.11. The van der Waals surface area contributed by atoms with E-state index in [4.69, 9.17) is 0 Å². The van der Waals surface area contributed by atoms with Crippen molar-refractivity contribution in [1.82, 2.24) is 9.97 Å². The number of anilines is 1. The fourth-order valence-corrected chi connectivity index (χ4v) is 0.976. The molecular weight excluding hydrogens is 238 g/mol. The van der Waals surface area contributed by atoms with Gasteiger partial charge >= 0.3 is 5.69 Å². The minimum atomic E-state index is -2.73. The van der Waals surface area contributed by atoms with E-state index in [1.807, 2.05) is 0 Å². The van der Waals surface area contributed by atoms with E-state index in [1.54, 1.807) is 6.92 Å². The van der Waals surface area contributed by atoms with E-state index in [0.717, 1.165) is 6.20 Å². The number of nitro groups is 1. The van der Waals surface area contributed by atoms with Gasteiger partial charge in [-0.2, -0.15) is 4.98 Å². The van der Waals surface area contributed by atoms with E-state index >= 15 is 0 Å². The summed E-state index contributed by atoms with van der Waals surface area (Å²) >= 11 is 0. The Bertz CT molecular complexity index is 402. The van der Waals surface area contributed by atoms with Crippen molar-refractivity contribution in [3.05, 3.63) is 16.3 Å². The van der Waals surface area contributed by atoms with Gasteiger partial charge in [-0.25, -0.2) is 13.8 Å². The molecule has 94 valence electrons. The van der Waals surface area contributed by atoms with Gasteiger partial charge in [-0.3, -0.25) is 10.1 Å². The number of halogens is 2. The number of hydrogen-bond donors (Lipinski definition) is 1. The quantitative estimate of drug-likeness (QED) is 0.605. The molecule has 1 heterocycles. The average Bonchev–Trinajstić information content (AvgIpc) is 2.26. The van der Waals surface area contributed by atoms with Crippen LogP contribution in [0.5, 0.6) is 5.88 Å². The molecule has 1 N–H and O–H groups in total. The molecule has 0 aliphatic carbocycles. The van der Waals surface area contributed by atoms with Crippen LogP contribution >= 0.6 is 0 Å². The van der Waals surface area contributed by atoms with Gasteiger partial charge in [0.25, 0.3) is 12.3 Å². The SMILES string of the molecule is CCNc1ncc([N+](=O)[O-])c(OCC(F)F)n1. The molecule has 0 spiro atoms. The highest BCUT2D eigenvalue weighted by molar-refractivity contribution is 5.43. The van der Waals surface area contributed by atoms with Gasteiger partial charge in [0.15, 0.2) is 6.61 Å². The van der Waals surface area contributed by atoms with Gasteiger partial charge in [0.05, 0.1) is 4.92 Å². The van der Waals surface area contributed by atoms with Crippen molar-refractivity contribution in [3.63, 3.8) is 0 Å². The number of alkyl halides is 2. The fourth-order valence-electron chi connectivity index (χ4n) is 0.976. The standard InChI is InChI=1S/C8H10F2N4O3/c1-2-11-8-12-3-5(14(15)16)7(13-8)17-4-6(9)10/h3,6H,2,4H2,1H3,(H,11,12,13). The van der Waals surface area contributed by atoms with Gasteiger partial charge in [-0.15, -0.1) is 0 Å². The van der Waals surface area contributed by atoms with Crippen LogP contribution in [-0.2, 0) is 0 Å². The molecule has 0 bridgehead atoms. The van der Waals surface area contributed by atoms with Crippen LogP contribution in [0.4, 0.5) is 20.4 Å². The number of aromatic nitrogens is 2. The van der Waals surface area contributed by atoms with Crippen molar-refractivity contribution in [1.29, 1.82) is 0 Å². The zero-order chi connectivity index (χ0) is 12.8. The van der Waals surface area contributed by atoms with Crippen molar-refractivity contribution in [2.75, 3.05) is 18.5 Å². The van der Waals surface area contributed by atoms with E-state index in [1.165, 1.54) is 0 Å². The highest BCUT2D eigenvalue weighted by Crippen LogP contribution is 2.24. The summed E-state index contributed by atoms with van der Waals surface area (Å²) in [4.78, 5) is 17.1. The predicted molar refractivity (Wildman–Crippen MR) is 54.3 cm³/mol. The van der Waals surface area contributed by atoms with Gasteiger partial charge in [0.2, 0.25) is 5.95 Å². The lowest BCUT2D eigenvalue weighted by Gasteiger charge is -2.06. The van der Waals surface area contributed by atoms with Crippen LogP contribution in [0, 0.1) is 10.1 Å². The number of nitrogens with zero attached hydrogens (tertiary/aromatic N) is 3. The lowest BCUT2D eigenvalue weighted by atomic mass is 10.5. The Morgan fingerprint density at radius 1 is 1.65 bits per heavy atom. The van der Waals surface area contributed by atoms with E-state index in [-0.39, 0.29) is 5.95 Å². The third kappa shape index (κ3) is 3.78. The van der Waals surface area contributed by atoms with Crippen molar-refractivity contribution >= 4 is 11.6 Å². The zero-order valence-corrected chi connectivity index (χ0v) is 8.89. The average molecular weight is 248 g/mol. The molecule has 7 nitrogen and oxygen atoms in total. The van der Waals surface area contributed by atoms with Gasteiger partial charge in [-0.05, 0) is 6.92 Å². The van der Waals surface area contributed by atoms with E-state index < -0.39 is 29.5 Å². The second-order valence-corrected chi connectivity index (χ2v) is 2.87. The Morgan fingerprint density at radius 3 is 2.88 bits per heavy atom. The lowest BCUT2D eigenvalue weighted by molar-refractivity contribution is -0.386. The largest absolute Gasteiger partial charge is 0.467 e. The molecule has 0 fully saturated rings. The van der Waals surface area contributed by atoms with Gasteiger partial charge in [0.1, 0.15) is 6.20 Å². The van der Waals surface area contributed by atoms with E-state index in [0.29, 0.717) is 6.54 Å². The summed E-state index contributed by atoms with van der Waals surface area (Å²) < 4.78 is 28.5. The Balaban J connectivity index is 2.94. The molecular formula is C8H10F2N4O3. The van der Waals surface area contributed by atoms with Crippen LogP contribution in [0.2, 0.25) is 0 Å². The van der Waals surface area contributed by atoms with E-state index in [9.17, 15) is 18.9 Å². The first-order valence-corrected chi connectivity index (χ1v) is 4.70. The summed E-state index contributed by atoms with van der Waals surface area (Å²) in [6.45, 7) is 1.31. The summed E-state index contributed by atoms with van der Waals surface area (Å²) in [7, 11) is 0. The Kier molecular flexibility index (Phi) is 4.49. The molecule has 9 heteroatoms. The number of rotatable bonds is 6. The molecule has 0 unspecified atom stereocenters. The molecule has 0 atom stereocenters. The Morgan fingerprint density at radius 2 is 2.35 bits per heavy atom. The highest BCUT2D eigenvalue weighted by Gasteiger charge is 2.20. The topological polar surface area (TPSA) is 90.2 Å². The van der Waals surface area contributed by atoms with E-state index in [2.05, 4.69) is 20.0 Å². The maximum atomic E-state index is 11.9. The predicted octanol–water partition coefficient (Wildman–Crippen LogP) is 1.46. The number of ether oxygens (including phenoxy) is 1. The smallest absolute Gasteiger partial charge is 0.349 e. The summed E-state index contributed by atoms with van der Waals surface area (Å²) in [5.74, 6) is -0.386. The normalized spacial score (nSPS) is 10.4. The molecule has 0 saturated heterocycles. The number of hydrogen-bond acceptors (Lipinski definition) is 6. The Hall–Kier alpha value is -2.06. The van der Waals surface area contributed by atoms with Gasteiger partial charge in [-0.1, -0.05) is 0 Å². The number of nitrogens with one attached hydrogen (secondary N) is 1. The minimum absolute atomic E-state index is 0.0855. The second kappa shape index (κ2) is 5.87. The van der Waals surface area contributed by atoms with Crippen LogP contribution in [-0.4, -0.2) is 34.5 Å². The maximum Gasteiger partial charge on any atom is 0.349 e. The third-order valence-electron chi connectivity index (χ3n) is 1.61. The van der Waals surface area contributed by atoms with Gasteiger partial charge < -0.3 is 10.1 Å². The van der Waals surface area contributed by atoms with Crippen LogP contribution in [0.25, 0.3) is 0 Å². The maximum absolute atomic E-state index is 11.9. The van der Waals surface area contributed by atoms with Crippen molar-refractivity contribution in [3.8, 4) is 5.88 Å². The van der Waals surface area contributed by atoms with Crippen LogP contribution < -0.4 is 10.1 Å². The monoisotopic (exact) mass is 248 g/mol. The minimum Gasteiger partial charge on any atom is -0.467 e. The van der Waals surface area contributed by atoms with Crippen molar-refractivity contribution < 1.29 is 18.4 Å². The summed E-state index contributed by atoms with van der Waals surface area (Å²) in [6, 6.07) is 0. The summed E-state index contributed by atoms with van der Waals surface area (Å²) in [5.41, 5.74) is -0.549. The first-order valence-electron chi connectivity index (χ1n) is 4.70. The molecule has 1 rings (SSSR count). The van der Waals surface area contributed by atoms with Crippen molar-refractivity contribution in [2.45, 2.75) is 13.3 Å². The van der Waals surface area contributed by atoms with Crippen LogP contribution in [0.15, 0.2) is 6.20 Å². The molecule has 0 saturated carbocycles. The summed E-state index contributed by atoms with van der Waals surface area (Å²) in [5, 5.41) is 13.3. The molecule has 17 heavy (non-hydrogen) atoms. The highest BCUT2D eigenvalue weighted by atomic mass is 19.3. The molecule has 1 aromatic heterocycles. The fraction of sp³-hybridized carbons (Fsp3) is 0.500. The second-order valence-electron chi connectivity index (χ2n) is 2.87. The van der Waals surface area contributed by atoms with Crippen molar-refractivity contribution in [2.24, 2.45) is 0 Å². The molecule has 0 aromatic carbocycles. The molecule has 0 aliphatic heterocycles. The first-order chi connectivity index (χ1) is 8.04. The van der Waals surface area contributed by atoms with Gasteiger partial charge in [0, 0.05) is 6.54 Å². The Labute approximate surface area is 95.0 Å². The molecule has 0 amide bonds. The summed E-state index contributed by atoms with van der Waals surface area (Å²) in [6.07, 6.45) is -1.82. The first kappa shape index (κ1) is 13.0. The third-order valence-corrected chi connectivity index (χ3v) is 1.61. The molecule has 0 radical (unpaired) electrons. The zero-order valence-electron chi connectivity index (χ0n) is 8.89. The molecule has 1 aromatic rings. The molecule has 0 aliphatic rings.